The number of aromatic amines is 1. The molecule has 0 aliphatic carbocycles. The van der Waals surface area contributed by atoms with Gasteiger partial charge in [0.2, 0.25) is 5.91 Å². The van der Waals surface area contributed by atoms with Crippen molar-refractivity contribution in [2.75, 3.05) is 31.6 Å². The average Bonchev–Trinajstić information content (AvgIpc) is 3.08. The molecule has 2 aromatic heterocycles. The molecule has 3 rings (SSSR count). The zero-order valence-corrected chi connectivity index (χ0v) is 13.7. The number of hydrogen-bond acceptors (Lipinski definition) is 6. The molecule has 1 fully saturated rings. The molecule has 1 aliphatic rings. The number of likely N-dealkylation sites (N-methyl/N-ethyl adjacent to an activating group) is 1. The van der Waals surface area contributed by atoms with E-state index in [9.17, 15) is 4.79 Å². The van der Waals surface area contributed by atoms with Gasteiger partial charge in [-0.25, -0.2) is 15.0 Å². The van der Waals surface area contributed by atoms with Crippen LogP contribution >= 0.6 is 24.8 Å². The van der Waals surface area contributed by atoms with E-state index in [0.29, 0.717) is 11.5 Å². The predicted octanol–water partition coefficient (Wildman–Crippen LogP) is 0.111. The topological polar surface area (TPSA) is 98.8 Å². The summed E-state index contributed by atoms with van der Waals surface area (Å²) in [5, 5.41) is 6.23. The number of nitrogens with zero attached hydrogens (tertiary/aromatic N) is 4. The number of amides is 1. The lowest BCUT2D eigenvalue weighted by Gasteiger charge is -2.19. The van der Waals surface area contributed by atoms with Crippen LogP contribution in [0.15, 0.2) is 12.7 Å². The summed E-state index contributed by atoms with van der Waals surface area (Å²) in [4.78, 5) is 29.1. The number of rotatable bonds is 4. The molecular weight excluding hydrogens is 329 g/mol. The van der Waals surface area contributed by atoms with Crippen molar-refractivity contribution < 1.29 is 4.79 Å². The summed E-state index contributed by atoms with van der Waals surface area (Å²) in [6, 6.07) is 0.230. The maximum absolute atomic E-state index is 12.0. The van der Waals surface area contributed by atoms with Gasteiger partial charge in [0, 0.05) is 19.6 Å². The van der Waals surface area contributed by atoms with Gasteiger partial charge in [0.25, 0.3) is 0 Å². The van der Waals surface area contributed by atoms with E-state index < -0.39 is 0 Å². The van der Waals surface area contributed by atoms with Crippen LogP contribution in [0.4, 0.5) is 5.82 Å². The van der Waals surface area contributed by atoms with Crippen LogP contribution in [0.1, 0.15) is 6.42 Å². The van der Waals surface area contributed by atoms with E-state index in [1.54, 1.807) is 11.2 Å². The number of carbonyl (C=O) groups is 1. The summed E-state index contributed by atoms with van der Waals surface area (Å²) in [6.45, 7) is 2.05. The summed E-state index contributed by atoms with van der Waals surface area (Å²) in [5.74, 6) is 0.666. The normalized spacial score (nSPS) is 16.7. The molecule has 8 nitrogen and oxygen atoms in total. The molecule has 0 saturated carbocycles. The van der Waals surface area contributed by atoms with E-state index in [4.69, 9.17) is 0 Å². The molecule has 1 amide bonds. The summed E-state index contributed by atoms with van der Waals surface area (Å²) in [5.41, 5.74) is 1.34. The molecule has 1 atom stereocenters. The lowest BCUT2D eigenvalue weighted by Crippen LogP contribution is -2.42. The third kappa shape index (κ3) is 3.96. The maximum Gasteiger partial charge on any atom is 0.239 e. The first-order valence-electron chi connectivity index (χ1n) is 6.59. The fourth-order valence-electron chi connectivity index (χ4n) is 2.38. The predicted molar refractivity (Wildman–Crippen MR) is 88.9 cm³/mol. The van der Waals surface area contributed by atoms with Crippen LogP contribution in [0.2, 0.25) is 0 Å². The van der Waals surface area contributed by atoms with Gasteiger partial charge < -0.3 is 20.5 Å². The minimum Gasteiger partial charge on any atom is -0.351 e. The molecule has 0 bridgehead atoms. The summed E-state index contributed by atoms with van der Waals surface area (Å²) in [7, 11) is 1.83. The quantitative estimate of drug-likeness (QED) is 0.726. The lowest BCUT2D eigenvalue weighted by atomic mass is 10.2. The van der Waals surface area contributed by atoms with Gasteiger partial charge in [0.05, 0.1) is 12.9 Å². The Morgan fingerprint density at radius 2 is 2.23 bits per heavy atom. The molecular formula is C12H19Cl2N7O. The lowest BCUT2D eigenvalue weighted by molar-refractivity contribution is -0.120. The maximum atomic E-state index is 12.0. The molecule has 0 aromatic carbocycles. The van der Waals surface area contributed by atoms with Crippen molar-refractivity contribution in [3.8, 4) is 0 Å². The summed E-state index contributed by atoms with van der Waals surface area (Å²) < 4.78 is 0. The third-order valence-corrected chi connectivity index (χ3v) is 3.37. The van der Waals surface area contributed by atoms with Gasteiger partial charge in [-0.3, -0.25) is 4.79 Å². The van der Waals surface area contributed by atoms with Crippen molar-refractivity contribution in [1.29, 1.82) is 0 Å². The molecule has 0 spiro atoms. The number of fused-ring (bicyclic) bond motifs is 1. The average molecular weight is 348 g/mol. The van der Waals surface area contributed by atoms with Gasteiger partial charge in [-0.2, -0.15) is 0 Å². The van der Waals surface area contributed by atoms with Crippen molar-refractivity contribution in [1.82, 2.24) is 30.6 Å². The van der Waals surface area contributed by atoms with Crippen molar-refractivity contribution >= 4 is 47.7 Å². The molecule has 10 heteroatoms. The Hall–Kier alpha value is -1.64. The van der Waals surface area contributed by atoms with Crippen LogP contribution in [0.25, 0.3) is 11.2 Å². The van der Waals surface area contributed by atoms with E-state index in [2.05, 4.69) is 30.6 Å². The van der Waals surface area contributed by atoms with Gasteiger partial charge in [0.1, 0.15) is 11.8 Å². The van der Waals surface area contributed by atoms with Gasteiger partial charge in [-0.05, 0) is 13.0 Å². The minimum atomic E-state index is -0.00697. The third-order valence-electron chi connectivity index (χ3n) is 3.37. The number of anilines is 1. The summed E-state index contributed by atoms with van der Waals surface area (Å²) >= 11 is 0. The molecule has 1 unspecified atom stereocenters. The van der Waals surface area contributed by atoms with Gasteiger partial charge in [-0.1, -0.05) is 0 Å². The van der Waals surface area contributed by atoms with Gasteiger partial charge in [0.15, 0.2) is 11.5 Å². The smallest absolute Gasteiger partial charge is 0.239 e. The highest BCUT2D eigenvalue weighted by Crippen LogP contribution is 2.17. The molecule has 0 radical (unpaired) electrons. The van der Waals surface area contributed by atoms with E-state index in [1.807, 2.05) is 7.05 Å². The number of halogens is 2. The Morgan fingerprint density at radius 1 is 1.41 bits per heavy atom. The molecule has 3 heterocycles. The number of H-pyrrole nitrogens is 1. The Morgan fingerprint density at radius 3 is 2.95 bits per heavy atom. The van der Waals surface area contributed by atoms with Crippen molar-refractivity contribution in [3.05, 3.63) is 12.7 Å². The summed E-state index contributed by atoms with van der Waals surface area (Å²) in [6.07, 6.45) is 4.00. The van der Waals surface area contributed by atoms with Crippen LogP contribution in [0.5, 0.6) is 0 Å². The highest BCUT2D eigenvalue weighted by atomic mass is 35.5. The Kier molecular flexibility index (Phi) is 6.79. The zero-order chi connectivity index (χ0) is 13.9. The van der Waals surface area contributed by atoms with Crippen molar-refractivity contribution in [3.63, 3.8) is 0 Å². The first-order chi connectivity index (χ1) is 9.74. The number of carbonyl (C=O) groups excluding carboxylic acids is 1. The number of imidazole rings is 1. The van der Waals surface area contributed by atoms with Gasteiger partial charge >= 0.3 is 0 Å². The van der Waals surface area contributed by atoms with Gasteiger partial charge in [-0.15, -0.1) is 24.8 Å². The van der Waals surface area contributed by atoms with E-state index in [0.717, 1.165) is 25.0 Å². The standard InChI is InChI=1S/C12H17N7O.2ClH/c1-19(5-9(20)18-8-2-3-13-4-8)12-10-11(15-6-14-10)16-7-17-12;;/h6-8,13H,2-5H2,1H3,(H,18,20)(H,14,15,16,17);2*1H. The molecule has 1 aliphatic heterocycles. The number of nitrogens with one attached hydrogen (secondary N) is 3. The monoisotopic (exact) mass is 347 g/mol. The van der Waals surface area contributed by atoms with Crippen LogP contribution in [0.3, 0.4) is 0 Å². The largest absolute Gasteiger partial charge is 0.351 e. The second kappa shape index (κ2) is 8.11. The SMILES string of the molecule is CN(CC(=O)NC1CCNC1)c1ncnc2nc[nH]c12.Cl.Cl. The zero-order valence-electron chi connectivity index (χ0n) is 12.1. The van der Waals surface area contributed by atoms with E-state index in [1.165, 1.54) is 6.33 Å². The van der Waals surface area contributed by atoms with E-state index >= 15 is 0 Å². The molecule has 1 saturated heterocycles. The second-order valence-corrected chi connectivity index (χ2v) is 4.91. The highest BCUT2D eigenvalue weighted by molar-refractivity contribution is 5.87. The minimum absolute atomic E-state index is 0. The van der Waals surface area contributed by atoms with Crippen LogP contribution in [0, 0.1) is 0 Å². The fraction of sp³-hybridized carbons (Fsp3) is 0.500. The number of aromatic nitrogens is 4. The van der Waals surface area contributed by atoms with Crippen LogP contribution in [-0.4, -0.2) is 58.6 Å². The molecule has 2 aromatic rings. The Balaban J connectivity index is 0.00000121. The number of hydrogen-bond donors (Lipinski definition) is 3. The molecule has 22 heavy (non-hydrogen) atoms. The Bertz CT molecular complexity index is 614. The fourth-order valence-corrected chi connectivity index (χ4v) is 2.38. The van der Waals surface area contributed by atoms with Crippen LogP contribution < -0.4 is 15.5 Å². The molecule has 122 valence electrons. The molecule has 3 N–H and O–H groups in total. The first kappa shape index (κ1) is 18.4. The Labute approximate surface area is 140 Å². The van der Waals surface area contributed by atoms with E-state index in [-0.39, 0.29) is 43.3 Å². The van der Waals surface area contributed by atoms with Crippen molar-refractivity contribution in [2.45, 2.75) is 12.5 Å². The second-order valence-electron chi connectivity index (χ2n) is 4.91. The highest BCUT2D eigenvalue weighted by Gasteiger charge is 2.18. The van der Waals surface area contributed by atoms with Crippen LogP contribution in [-0.2, 0) is 4.79 Å². The first-order valence-corrected chi connectivity index (χ1v) is 6.59. The van der Waals surface area contributed by atoms with Crippen molar-refractivity contribution in [2.24, 2.45) is 0 Å².